The summed E-state index contributed by atoms with van der Waals surface area (Å²) in [6.07, 6.45) is 1.59. The molecule has 8 heteroatoms. The van der Waals surface area contributed by atoms with Crippen LogP contribution in [0.25, 0.3) is 10.2 Å². The van der Waals surface area contributed by atoms with E-state index < -0.39 is 0 Å². The number of aromatic nitrogens is 1. The maximum absolute atomic E-state index is 13.8. The topological polar surface area (TPSA) is 74.0 Å². The summed E-state index contributed by atoms with van der Waals surface area (Å²) in [4.78, 5) is 20.2. The fourth-order valence-corrected chi connectivity index (χ4v) is 4.62. The summed E-state index contributed by atoms with van der Waals surface area (Å²) >= 11 is 1.48. The molecular weight excluding hydrogens is 428 g/mol. The maximum atomic E-state index is 13.8. The highest BCUT2D eigenvalue weighted by Crippen LogP contribution is 2.40. The van der Waals surface area contributed by atoms with Gasteiger partial charge in [0, 0.05) is 5.56 Å². The summed E-state index contributed by atoms with van der Waals surface area (Å²) in [7, 11) is 4.56. The number of benzene rings is 2. The van der Waals surface area contributed by atoms with Crippen molar-refractivity contribution in [2.24, 2.45) is 0 Å². The van der Waals surface area contributed by atoms with Crippen molar-refractivity contribution in [3.63, 3.8) is 0 Å². The summed E-state index contributed by atoms with van der Waals surface area (Å²) in [5.41, 5.74) is 3.46. The van der Waals surface area contributed by atoms with E-state index in [1.807, 2.05) is 26.0 Å². The summed E-state index contributed by atoms with van der Waals surface area (Å²) < 4.78 is 22.8. The fourth-order valence-electron chi connectivity index (χ4n) is 3.51. The number of fused-ring (bicyclic) bond motifs is 1. The van der Waals surface area contributed by atoms with Gasteiger partial charge in [-0.15, -0.1) is 0 Å². The summed E-state index contributed by atoms with van der Waals surface area (Å²) in [6.45, 7) is 4.30. The molecule has 2 heterocycles. The first-order valence-electron chi connectivity index (χ1n) is 9.97. The summed E-state index contributed by atoms with van der Waals surface area (Å²) in [5, 5.41) is 0.590. The van der Waals surface area contributed by atoms with E-state index >= 15 is 0 Å². The number of aryl methyl sites for hydroxylation is 2. The molecular formula is C24H24N2O5S. The van der Waals surface area contributed by atoms with Crippen LogP contribution in [-0.4, -0.2) is 32.2 Å². The molecule has 166 valence electrons. The third kappa shape index (κ3) is 3.89. The van der Waals surface area contributed by atoms with Crippen LogP contribution in [-0.2, 0) is 6.54 Å². The molecule has 0 aliphatic carbocycles. The van der Waals surface area contributed by atoms with E-state index in [1.54, 1.807) is 29.4 Å². The molecule has 0 unspecified atom stereocenters. The SMILES string of the molecule is COc1cc(C(=O)N(Cc2ccco2)c2nc3c(C)ccc(C)c3s2)cc(OC)c1OC. The predicted molar refractivity (Wildman–Crippen MR) is 124 cm³/mol. The lowest BCUT2D eigenvalue weighted by atomic mass is 10.1. The minimum Gasteiger partial charge on any atom is -0.493 e. The standard InChI is InChI=1S/C24H24N2O5S/c1-14-8-9-15(2)22-20(14)25-24(32-22)26(13-17-7-6-10-31-17)23(27)16-11-18(28-3)21(30-5)19(12-16)29-4/h6-12H,13H2,1-5H3. The lowest BCUT2D eigenvalue weighted by molar-refractivity contribution is 0.0982. The summed E-state index contributed by atoms with van der Waals surface area (Å²) in [6, 6.07) is 11.0. The van der Waals surface area contributed by atoms with Gasteiger partial charge in [0.25, 0.3) is 5.91 Å². The normalized spacial score (nSPS) is 10.9. The molecule has 4 aromatic rings. The highest BCUT2D eigenvalue weighted by atomic mass is 32.1. The number of rotatable bonds is 7. The maximum Gasteiger partial charge on any atom is 0.260 e. The smallest absolute Gasteiger partial charge is 0.260 e. The van der Waals surface area contributed by atoms with Crippen LogP contribution < -0.4 is 19.1 Å². The number of thiazole rings is 1. The van der Waals surface area contributed by atoms with Crippen molar-refractivity contribution in [1.82, 2.24) is 4.98 Å². The van der Waals surface area contributed by atoms with Crippen molar-refractivity contribution in [2.45, 2.75) is 20.4 Å². The number of methoxy groups -OCH3 is 3. The minimum atomic E-state index is -0.255. The van der Waals surface area contributed by atoms with Crippen molar-refractivity contribution < 1.29 is 23.4 Å². The molecule has 7 nitrogen and oxygen atoms in total. The zero-order valence-electron chi connectivity index (χ0n) is 18.6. The molecule has 4 rings (SSSR count). The fraction of sp³-hybridized carbons (Fsp3) is 0.250. The van der Waals surface area contributed by atoms with E-state index in [-0.39, 0.29) is 12.5 Å². The van der Waals surface area contributed by atoms with Crippen LogP contribution in [0.4, 0.5) is 5.13 Å². The molecule has 0 fully saturated rings. The molecule has 2 aromatic heterocycles. The first-order valence-corrected chi connectivity index (χ1v) is 10.8. The van der Waals surface area contributed by atoms with Gasteiger partial charge in [-0.25, -0.2) is 4.98 Å². The molecule has 32 heavy (non-hydrogen) atoms. The summed E-state index contributed by atoms with van der Waals surface area (Å²) in [5.74, 6) is 1.64. The van der Waals surface area contributed by atoms with E-state index in [1.165, 1.54) is 32.7 Å². The Morgan fingerprint density at radius 3 is 2.28 bits per heavy atom. The van der Waals surface area contributed by atoms with Gasteiger partial charge >= 0.3 is 0 Å². The number of carbonyl (C=O) groups is 1. The van der Waals surface area contributed by atoms with Crippen molar-refractivity contribution in [2.75, 3.05) is 26.2 Å². The predicted octanol–water partition coefficient (Wildman–Crippen LogP) is 5.38. The van der Waals surface area contributed by atoms with Crippen LogP contribution >= 0.6 is 11.3 Å². The van der Waals surface area contributed by atoms with Crippen molar-refractivity contribution in [3.8, 4) is 17.2 Å². The number of anilines is 1. The van der Waals surface area contributed by atoms with Gasteiger partial charge in [0.15, 0.2) is 16.6 Å². The van der Waals surface area contributed by atoms with Gasteiger partial charge in [-0.05, 0) is 49.2 Å². The van der Waals surface area contributed by atoms with Crippen LogP contribution in [0.15, 0.2) is 47.1 Å². The van der Waals surface area contributed by atoms with Gasteiger partial charge in [-0.3, -0.25) is 9.69 Å². The Hall–Kier alpha value is -3.52. The molecule has 0 saturated carbocycles. The molecule has 0 radical (unpaired) electrons. The molecule has 0 atom stereocenters. The van der Waals surface area contributed by atoms with E-state index in [0.29, 0.717) is 33.7 Å². The molecule has 0 N–H and O–H groups in total. The average molecular weight is 453 g/mol. The third-order valence-corrected chi connectivity index (χ3v) is 6.43. The van der Waals surface area contributed by atoms with Crippen molar-refractivity contribution in [3.05, 3.63) is 65.1 Å². The van der Waals surface area contributed by atoms with E-state index in [9.17, 15) is 4.79 Å². The third-order valence-electron chi connectivity index (χ3n) is 5.21. The number of amides is 1. The van der Waals surface area contributed by atoms with E-state index in [2.05, 4.69) is 6.07 Å². The molecule has 0 aliphatic heterocycles. The molecule has 0 saturated heterocycles. The van der Waals surface area contributed by atoms with Crippen LogP contribution in [0, 0.1) is 13.8 Å². The molecule has 0 spiro atoms. The van der Waals surface area contributed by atoms with Gasteiger partial charge in [-0.2, -0.15) is 0 Å². The molecule has 0 bridgehead atoms. The lowest BCUT2D eigenvalue weighted by Crippen LogP contribution is -2.30. The number of hydrogen-bond acceptors (Lipinski definition) is 7. The Morgan fingerprint density at radius 2 is 1.72 bits per heavy atom. The van der Waals surface area contributed by atoms with Crippen LogP contribution in [0.1, 0.15) is 27.2 Å². The van der Waals surface area contributed by atoms with E-state index in [0.717, 1.165) is 21.3 Å². The Balaban J connectivity index is 1.84. The number of nitrogens with zero attached hydrogens (tertiary/aromatic N) is 2. The quantitative estimate of drug-likeness (QED) is 0.375. The average Bonchev–Trinajstić information content (AvgIpc) is 3.49. The van der Waals surface area contributed by atoms with E-state index in [4.69, 9.17) is 23.6 Å². The number of ether oxygens (including phenoxy) is 3. The minimum absolute atomic E-state index is 0.237. The first-order chi connectivity index (χ1) is 15.5. The van der Waals surface area contributed by atoms with Crippen LogP contribution in [0.5, 0.6) is 17.2 Å². The molecule has 0 aliphatic rings. The largest absolute Gasteiger partial charge is 0.493 e. The van der Waals surface area contributed by atoms with Crippen LogP contribution in [0.2, 0.25) is 0 Å². The Labute approximate surface area is 190 Å². The zero-order chi connectivity index (χ0) is 22.8. The second kappa shape index (κ2) is 8.92. The Morgan fingerprint density at radius 1 is 1.03 bits per heavy atom. The molecule has 1 amide bonds. The number of furan rings is 1. The Kier molecular flexibility index (Phi) is 6.05. The highest BCUT2D eigenvalue weighted by molar-refractivity contribution is 7.22. The van der Waals surface area contributed by atoms with Gasteiger partial charge < -0.3 is 18.6 Å². The van der Waals surface area contributed by atoms with Gasteiger partial charge in [0.05, 0.1) is 44.4 Å². The molecule has 2 aromatic carbocycles. The zero-order valence-corrected chi connectivity index (χ0v) is 19.4. The van der Waals surface area contributed by atoms with Crippen LogP contribution in [0.3, 0.4) is 0 Å². The highest BCUT2D eigenvalue weighted by Gasteiger charge is 2.26. The van der Waals surface area contributed by atoms with Crippen molar-refractivity contribution >= 4 is 32.6 Å². The first kappa shape index (κ1) is 21.7. The second-order valence-corrected chi connectivity index (χ2v) is 8.24. The monoisotopic (exact) mass is 452 g/mol. The van der Waals surface area contributed by atoms with Gasteiger partial charge in [0.2, 0.25) is 5.75 Å². The number of carbonyl (C=O) groups excluding carboxylic acids is 1. The van der Waals surface area contributed by atoms with Gasteiger partial charge in [-0.1, -0.05) is 23.5 Å². The lowest BCUT2D eigenvalue weighted by Gasteiger charge is -2.20. The Bertz CT molecular complexity index is 1200. The van der Waals surface area contributed by atoms with Gasteiger partial charge in [0.1, 0.15) is 5.76 Å². The second-order valence-electron chi connectivity index (χ2n) is 7.26. The van der Waals surface area contributed by atoms with Crippen molar-refractivity contribution in [1.29, 1.82) is 0 Å². The number of hydrogen-bond donors (Lipinski definition) is 0.